The molecule has 0 fully saturated rings. The van der Waals surface area contributed by atoms with Gasteiger partial charge >= 0.3 is 5.97 Å². The molecule has 0 bridgehead atoms. The number of anilines is 1. The second-order valence-electron chi connectivity index (χ2n) is 3.46. The van der Waals surface area contributed by atoms with Gasteiger partial charge in [0.2, 0.25) is 0 Å². The van der Waals surface area contributed by atoms with Gasteiger partial charge < -0.3 is 4.74 Å². The molecule has 0 aliphatic heterocycles. The Morgan fingerprint density at radius 3 is 2.68 bits per heavy atom. The van der Waals surface area contributed by atoms with Crippen LogP contribution in [-0.4, -0.2) is 26.5 Å². The van der Waals surface area contributed by atoms with Gasteiger partial charge in [0.05, 0.1) is 12.7 Å². The van der Waals surface area contributed by atoms with Crippen LogP contribution in [-0.2, 0) is 14.8 Å². The van der Waals surface area contributed by atoms with Gasteiger partial charge in [-0.1, -0.05) is 6.07 Å². The molecule has 100 valence electrons. The molecule has 6 nitrogen and oxygen atoms in total. The molecule has 0 aromatic carbocycles. The van der Waals surface area contributed by atoms with Crippen LogP contribution in [0.15, 0.2) is 40.1 Å². The van der Waals surface area contributed by atoms with Crippen LogP contribution in [0.25, 0.3) is 0 Å². The highest BCUT2D eigenvalue weighted by atomic mass is 32.2. The van der Waals surface area contributed by atoms with Gasteiger partial charge in [0, 0.05) is 6.20 Å². The number of rotatable bonds is 4. The summed E-state index contributed by atoms with van der Waals surface area (Å²) in [4.78, 5) is 15.1. The van der Waals surface area contributed by atoms with E-state index in [4.69, 9.17) is 0 Å². The Bertz CT molecular complexity index is 663. The molecule has 2 heterocycles. The Balaban J connectivity index is 2.19. The standard InChI is InChI=1S/C11H10N2O4S2/c1-17-11(14)8-4-5-9(12-7-8)13-19(15,16)10-3-2-6-18-10/h2-7H,1H3,(H,12,13). The Morgan fingerprint density at radius 2 is 2.16 bits per heavy atom. The van der Waals surface area contributed by atoms with Crippen molar-refractivity contribution >= 4 is 33.1 Å². The molecule has 0 saturated heterocycles. The molecule has 2 rings (SSSR count). The number of nitrogens with zero attached hydrogens (tertiary/aromatic N) is 1. The first-order chi connectivity index (χ1) is 9.03. The number of thiophene rings is 1. The van der Waals surface area contributed by atoms with Gasteiger partial charge in [-0.3, -0.25) is 4.72 Å². The van der Waals surface area contributed by atoms with Crippen molar-refractivity contribution in [3.05, 3.63) is 41.4 Å². The molecule has 19 heavy (non-hydrogen) atoms. The van der Waals surface area contributed by atoms with Gasteiger partial charge in [-0.2, -0.15) is 0 Å². The lowest BCUT2D eigenvalue weighted by Crippen LogP contribution is -2.13. The van der Waals surface area contributed by atoms with Crippen LogP contribution in [0.1, 0.15) is 10.4 Å². The number of aromatic nitrogens is 1. The monoisotopic (exact) mass is 298 g/mol. The molecular weight excluding hydrogens is 288 g/mol. The third kappa shape index (κ3) is 3.09. The van der Waals surface area contributed by atoms with E-state index < -0.39 is 16.0 Å². The van der Waals surface area contributed by atoms with E-state index in [0.29, 0.717) is 0 Å². The van der Waals surface area contributed by atoms with Crippen molar-refractivity contribution < 1.29 is 17.9 Å². The van der Waals surface area contributed by atoms with Crippen molar-refractivity contribution in [2.45, 2.75) is 4.21 Å². The molecule has 1 N–H and O–H groups in total. The summed E-state index contributed by atoms with van der Waals surface area (Å²) in [6.07, 6.45) is 1.25. The minimum absolute atomic E-state index is 0.140. The minimum atomic E-state index is -3.62. The minimum Gasteiger partial charge on any atom is -0.465 e. The summed E-state index contributed by atoms with van der Waals surface area (Å²) in [7, 11) is -2.36. The van der Waals surface area contributed by atoms with E-state index in [1.807, 2.05) is 0 Å². The van der Waals surface area contributed by atoms with Gasteiger partial charge in [0.1, 0.15) is 10.0 Å². The predicted molar refractivity (Wildman–Crippen MR) is 70.7 cm³/mol. The van der Waals surface area contributed by atoms with Crippen LogP contribution in [0.5, 0.6) is 0 Å². The van der Waals surface area contributed by atoms with E-state index in [2.05, 4.69) is 14.4 Å². The molecule has 0 radical (unpaired) electrons. The lowest BCUT2D eigenvalue weighted by atomic mass is 10.3. The van der Waals surface area contributed by atoms with Gasteiger partial charge in [-0.15, -0.1) is 11.3 Å². The van der Waals surface area contributed by atoms with Crippen molar-refractivity contribution in [1.29, 1.82) is 0 Å². The zero-order chi connectivity index (χ0) is 13.9. The summed E-state index contributed by atoms with van der Waals surface area (Å²) in [6.45, 7) is 0. The Kier molecular flexibility index (Phi) is 3.82. The van der Waals surface area contributed by atoms with Gasteiger partial charge in [0.15, 0.2) is 0 Å². The first-order valence-electron chi connectivity index (χ1n) is 5.13. The van der Waals surface area contributed by atoms with Gasteiger partial charge in [-0.05, 0) is 23.6 Å². The third-order valence-electron chi connectivity index (χ3n) is 2.18. The number of esters is 1. The van der Waals surface area contributed by atoms with E-state index in [1.165, 1.54) is 31.5 Å². The summed E-state index contributed by atoms with van der Waals surface area (Å²) in [6, 6.07) is 5.98. The number of carbonyl (C=O) groups is 1. The Labute approximate surface area is 114 Å². The molecule has 0 atom stereocenters. The van der Waals surface area contributed by atoms with Crippen molar-refractivity contribution in [3.8, 4) is 0 Å². The second-order valence-corrected chi connectivity index (χ2v) is 6.32. The molecule has 0 unspecified atom stereocenters. The highest BCUT2D eigenvalue weighted by molar-refractivity contribution is 7.94. The first kappa shape index (κ1) is 13.5. The van der Waals surface area contributed by atoms with Crippen LogP contribution in [0.3, 0.4) is 0 Å². The molecule has 2 aromatic heterocycles. The summed E-state index contributed by atoms with van der Waals surface area (Å²) in [5.74, 6) is -0.388. The summed E-state index contributed by atoms with van der Waals surface area (Å²) in [5.41, 5.74) is 0.251. The van der Waals surface area contributed by atoms with Crippen LogP contribution >= 0.6 is 11.3 Å². The highest BCUT2D eigenvalue weighted by Crippen LogP contribution is 2.19. The molecule has 0 aliphatic carbocycles. The molecule has 8 heteroatoms. The number of hydrogen-bond donors (Lipinski definition) is 1. The fourth-order valence-electron chi connectivity index (χ4n) is 1.30. The summed E-state index contributed by atoms with van der Waals surface area (Å²) >= 11 is 1.11. The molecule has 2 aromatic rings. The number of pyridine rings is 1. The number of sulfonamides is 1. The maximum absolute atomic E-state index is 11.9. The van der Waals surface area contributed by atoms with E-state index in [0.717, 1.165) is 11.3 Å². The zero-order valence-corrected chi connectivity index (χ0v) is 11.5. The first-order valence-corrected chi connectivity index (χ1v) is 7.50. The topological polar surface area (TPSA) is 85.4 Å². The van der Waals surface area contributed by atoms with Crippen molar-refractivity contribution in [3.63, 3.8) is 0 Å². The lowest BCUT2D eigenvalue weighted by molar-refractivity contribution is 0.0600. The summed E-state index contributed by atoms with van der Waals surface area (Å²) < 4.78 is 30.9. The predicted octanol–water partition coefficient (Wildman–Crippen LogP) is 1.73. The molecule has 0 spiro atoms. The fourth-order valence-corrected chi connectivity index (χ4v) is 3.30. The van der Waals surface area contributed by atoms with Crippen molar-refractivity contribution in [2.24, 2.45) is 0 Å². The number of nitrogens with one attached hydrogen (secondary N) is 1. The van der Waals surface area contributed by atoms with E-state index in [-0.39, 0.29) is 15.6 Å². The van der Waals surface area contributed by atoms with E-state index >= 15 is 0 Å². The van der Waals surface area contributed by atoms with Gasteiger partial charge in [0.25, 0.3) is 10.0 Å². The van der Waals surface area contributed by atoms with Gasteiger partial charge in [-0.25, -0.2) is 18.2 Å². The molecular formula is C11H10N2O4S2. The zero-order valence-electron chi connectivity index (χ0n) is 9.86. The van der Waals surface area contributed by atoms with Crippen molar-refractivity contribution in [2.75, 3.05) is 11.8 Å². The average molecular weight is 298 g/mol. The normalized spacial score (nSPS) is 11.0. The Morgan fingerprint density at radius 1 is 1.37 bits per heavy atom. The fraction of sp³-hybridized carbons (Fsp3) is 0.0909. The largest absolute Gasteiger partial charge is 0.465 e. The molecule has 0 amide bonds. The van der Waals surface area contributed by atoms with Crippen LogP contribution in [0, 0.1) is 0 Å². The molecule has 0 aliphatic rings. The number of carbonyl (C=O) groups excluding carboxylic acids is 1. The average Bonchev–Trinajstić information content (AvgIpc) is 2.93. The maximum atomic E-state index is 11.9. The second kappa shape index (κ2) is 5.37. The third-order valence-corrected chi connectivity index (χ3v) is 4.94. The summed E-state index contributed by atoms with van der Waals surface area (Å²) in [5, 5.41) is 1.67. The number of methoxy groups -OCH3 is 1. The van der Waals surface area contributed by atoms with Crippen LogP contribution in [0.4, 0.5) is 5.82 Å². The van der Waals surface area contributed by atoms with Crippen LogP contribution in [0.2, 0.25) is 0 Å². The number of hydrogen-bond acceptors (Lipinski definition) is 6. The van der Waals surface area contributed by atoms with E-state index in [1.54, 1.807) is 11.4 Å². The Hall–Kier alpha value is -1.93. The van der Waals surface area contributed by atoms with E-state index in [9.17, 15) is 13.2 Å². The van der Waals surface area contributed by atoms with Crippen LogP contribution < -0.4 is 4.72 Å². The smallest absolute Gasteiger partial charge is 0.339 e. The quantitative estimate of drug-likeness (QED) is 0.869. The number of ether oxygens (including phenoxy) is 1. The lowest BCUT2D eigenvalue weighted by Gasteiger charge is -2.05. The molecule has 0 saturated carbocycles. The highest BCUT2D eigenvalue weighted by Gasteiger charge is 2.16. The SMILES string of the molecule is COC(=O)c1ccc(NS(=O)(=O)c2cccs2)nc1. The van der Waals surface area contributed by atoms with Crippen molar-refractivity contribution in [1.82, 2.24) is 4.98 Å². The maximum Gasteiger partial charge on any atom is 0.339 e.